The van der Waals surface area contributed by atoms with E-state index in [1.54, 1.807) is 0 Å². The minimum atomic E-state index is -1.15. The minimum absolute atomic E-state index is 0.483. The third-order valence-electron chi connectivity index (χ3n) is 3.41. The lowest BCUT2D eigenvalue weighted by atomic mass is 10.1. The van der Waals surface area contributed by atoms with E-state index in [9.17, 15) is 10.2 Å². The maximum Gasteiger partial charge on any atom is 0.190 e. The van der Waals surface area contributed by atoms with Crippen molar-refractivity contribution in [2.45, 2.75) is 37.0 Å². The van der Waals surface area contributed by atoms with Crippen LogP contribution in [-0.2, 0) is 14.2 Å². The molecule has 0 unspecified atom stereocenters. The van der Waals surface area contributed by atoms with Crippen molar-refractivity contribution < 1.29 is 29.5 Å². The molecule has 0 aliphatic carbocycles. The Morgan fingerprint density at radius 1 is 1.11 bits per heavy atom. The summed E-state index contributed by atoms with van der Waals surface area (Å²) in [4.78, 5) is 0. The van der Waals surface area contributed by atoms with Gasteiger partial charge in [0.15, 0.2) is 12.6 Å². The van der Waals surface area contributed by atoms with Crippen molar-refractivity contribution >= 4 is 0 Å². The predicted molar refractivity (Wildman–Crippen MR) is 62.9 cm³/mol. The molecule has 6 heteroatoms. The fourth-order valence-corrected chi connectivity index (χ4v) is 2.40. The fourth-order valence-electron chi connectivity index (χ4n) is 2.40. The van der Waals surface area contributed by atoms with Crippen LogP contribution in [-0.4, -0.2) is 52.6 Å². The van der Waals surface area contributed by atoms with Crippen LogP contribution < -0.4 is 0 Å². The molecular formula is C13H16O6. The zero-order valence-corrected chi connectivity index (χ0v) is 10.1. The summed E-state index contributed by atoms with van der Waals surface area (Å²) in [6.07, 6.45) is -5.04. The van der Waals surface area contributed by atoms with Gasteiger partial charge in [0.2, 0.25) is 0 Å². The predicted octanol–water partition coefficient (Wildman–Crippen LogP) is -0.460. The molecule has 1 aromatic rings. The Labute approximate surface area is 110 Å². The van der Waals surface area contributed by atoms with Crippen molar-refractivity contribution in [2.75, 3.05) is 6.61 Å². The molecule has 2 fully saturated rings. The Kier molecular flexibility index (Phi) is 3.53. The largest absolute Gasteiger partial charge is 0.394 e. The average molecular weight is 268 g/mol. The Hall–Kier alpha value is -1.02. The van der Waals surface area contributed by atoms with Crippen LogP contribution in [0.3, 0.4) is 0 Å². The summed E-state index contributed by atoms with van der Waals surface area (Å²) in [5.41, 5.74) is 0.840. The van der Waals surface area contributed by atoms with E-state index >= 15 is 0 Å². The van der Waals surface area contributed by atoms with Crippen LogP contribution >= 0.6 is 0 Å². The molecule has 0 spiro atoms. The monoisotopic (exact) mass is 268 g/mol. The van der Waals surface area contributed by atoms with Gasteiger partial charge in [-0.3, -0.25) is 0 Å². The first-order chi connectivity index (χ1) is 9.20. The highest BCUT2D eigenvalue weighted by atomic mass is 16.8. The van der Waals surface area contributed by atoms with Gasteiger partial charge in [0, 0.05) is 5.56 Å². The Morgan fingerprint density at radius 3 is 2.47 bits per heavy atom. The summed E-state index contributed by atoms with van der Waals surface area (Å²) in [5, 5.41) is 28.4. The number of aliphatic hydroxyl groups is 3. The van der Waals surface area contributed by atoms with Crippen molar-refractivity contribution in [1.29, 1.82) is 0 Å². The number of hydrogen-bond donors (Lipinski definition) is 3. The van der Waals surface area contributed by atoms with Crippen LogP contribution in [0, 0.1) is 0 Å². The van der Waals surface area contributed by atoms with E-state index in [0.29, 0.717) is 0 Å². The summed E-state index contributed by atoms with van der Waals surface area (Å²) in [5.74, 6) is 0. The highest BCUT2D eigenvalue weighted by Crippen LogP contribution is 2.39. The molecule has 19 heavy (non-hydrogen) atoms. The zero-order valence-electron chi connectivity index (χ0n) is 10.1. The molecule has 0 aromatic heterocycles. The van der Waals surface area contributed by atoms with Crippen LogP contribution in [0.25, 0.3) is 0 Å². The lowest BCUT2D eigenvalue weighted by molar-refractivity contribution is -0.191. The number of aliphatic hydroxyl groups excluding tert-OH is 3. The van der Waals surface area contributed by atoms with E-state index in [1.807, 2.05) is 30.3 Å². The number of fused-ring (bicyclic) bond motifs is 1. The van der Waals surface area contributed by atoms with Gasteiger partial charge in [0.05, 0.1) is 6.61 Å². The standard InChI is InChI=1S/C13H16O6/c14-6-8(15)10-9(16)11-13(17-10)19-12(18-11)7-4-2-1-3-5-7/h1-5,8-16H,6H2/t8-,9-,10-,11+,12-,13+/m0/s1. The van der Waals surface area contributed by atoms with Crippen LogP contribution in [0.4, 0.5) is 0 Å². The topological polar surface area (TPSA) is 88.4 Å². The molecule has 0 bridgehead atoms. The molecule has 2 heterocycles. The van der Waals surface area contributed by atoms with Gasteiger partial charge in [0.25, 0.3) is 0 Å². The second kappa shape index (κ2) is 5.16. The maximum absolute atomic E-state index is 10.0. The number of rotatable bonds is 3. The van der Waals surface area contributed by atoms with Gasteiger partial charge >= 0.3 is 0 Å². The Balaban J connectivity index is 1.69. The molecule has 104 valence electrons. The zero-order chi connectivity index (χ0) is 13.4. The first-order valence-corrected chi connectivity index (χ1v) is 6.19. The molecule has 6 atom stereocenters. The number of ether oxygens (including phenoxy) is 3. The molecule has 6 nitrogen and oxygen atoms in total. The molecule has 0 amide bonds. The third kappa shape index (κ3) is 2.27. The van der Waals surface area contributed by atoms with E-state index in [1.165, 1.54) is 0 Å². The van der Waals surface area contributed by atoms with Gasteiger partial charge in [-0.2, -0.15) is 0 Å². The van der Waals surface area contributed by atoms with Gasteiger partial charge in [0.1, 0.15) is 24.4 Å². The van der Waals surface area contributed by atoms with Gasteiger partial charge in [-0.05, 0) is 0 Å². The SMILES string of the molecule is OC[C@H](O)[C@@H]1O[C@@H]2O[C@@H](c3ccccc3)O[C@@H]2[C@H]1O. The summed E-state index contributed by atoms with van der Waals surface area (Å²) in [7, 11) is 0. The smallest absolute Gasteiger partial charge is 0.190 e. The van der Waals surface area contributed by atoms with Gasteiger partial charge < -0.3 is 29.5 Å². The molecule has 3 rings (SSSR count). The lowest BCUT2D eigenvalue weighted by Gasteiger charge is -2.22. The molecule has 1 aromatic carbocycles. The first-order valence-electron chi connectivity index (χ1n) is 6.19. The molecule has 3 N–H and O–H groups in total. The second-order valence-corrected chi connectivity index (χ2v) is 4.69. The maximum atomic E-state index is 10.0. The average Bonchev–Trinajstić information content (AvgIpc) is 2.99. The van der Waals surface area contributed by atoms with Gasteiger partial charge in [-0.25, -0.2) is 0 Å². The third-order valence-corrected chi connectivity index (χ3v) is 3.41. The first kappa shape index (κ1) is 13.0. The molecule has 2 saturated heterocycles. The van der Waals surface area contributed by atoms with Crippen molar-refractivity contribution in [3.8, 4) is 0 Å². The quantitative estimate of drug-likeness (QED) is 0.687. The molecule has 2 aliphatic heterocycles. The van der Waals surface area contributed by atoms with E-state index < -0.39 is 43.6 Å². The lowest BCUT2D eigenvalue weighted by Crippen LogP contribution is -2.41. The summed E-state index contributed by atoms with van der Waals surface area (Å²) in [6.45, 7) is -0.483. The second-order valence-electron chi connectivity index (χ2n) is 4.69. The Morgan fingerprint density at radius 2 is 1.84 bits per heavy atom. The normalized spacial score (nSPS) is 39.2. The summed E-state index contributed by atoms with van der Waals surface area (Å²) < 4.78 is 16.6. The van der Waals surface area contributed by atoms with Crippen LogP contribution in [0.2, 0.25) is 0 Å². The van der Waals surface area contributed by atoms with Crippen molar-refractivity contribution in [2.24, 2.45) is 0 Å². The van der Waals surface area contributed by atoms with Gasteiger partial charge in [-0.15, -0.1) is 0 Å². The number of benzene rings is 1. The van der Waals surface area contributed by atoms with Crippen molar-refractivity contribution in [3.05, 3.63) is 35.9 Å². The highest BCUT2D eigenvalue weighted by molar-refractivity contribution is 5.17. The molecule has 0 radical (unpaired) electrons. The minimum Gasteiger partial charge on any atom is -0.394 e. The van der Waals surface area contributed by atoms with Gasteiger partial charge in [-0.1, -0.05) is 30.3 Å². The van der Waals surface area contributed by atoms with E-state index in [4.69, 9.17) is 19.3 Å². The molecular weight excluding hydrogens is 252 g/mol. The van der Waals surface area contributed by atoms with Crippen LogP contribution in [0.15, 0.2) is 30.3 Å². The highest BCUT2D eigenvalue weighted by Gasteiger charge is 2.53. The van der Waals surface area contributed by atoms with Crippen LogP contribution in [0.5, 0.6) is 0 Å². The number of hydrogen-bond acceptors (Lipinski definition) is 6. The van der Waals surface area contributed by atoms with E-state index in [-0.39, 0.29) is 0 Å². The fraction of sp³-hybridized carbons (Fsp3) is 0.538. The summed E-state index contributed by atoms with van der Waals surface area (Å²) >= 11 is 0. The van der Waals surface area contributed by atoms with E-state index in [2.05, 4.69) is 0 Å². The molecule has 0 saturated carbocycles. The van der Waals surface area contributed by atoms with E-state index in [0.717, 1.165) is 5.56 Å². The summed E-state index contributed by atoms with van der Waals surface area (Å²) in [6, 6.07) is 9.34. The molecule has 2 aliphatic rings. The van der Waals surface area contributed by atoms with Crippen molar-refractivity contribution in [3.63, 3.8) is 0 Å². The Bertz CT molecular complexity index is 424. The van der Waals surface area contributed by atoms with Crippen molar-refractivity contribution in [1.82, 2.24) is 0 Å². The van der Waals surface area contributed by atoms with Crippen LogP contribution in [0.1, 0.15) is 11.9 Å².